The van der Waals surface area contributed by atoms with E-state index in [9.17, 15) is 4.79 Å². The number of rotatable bonds is 4. The van der Waals surface area contributed by atoms with E-state index in [-0.39, 0.29) is 11.7 Å². The zero-order chi connectivity index (χ0) is 19.6. The van der Waals surface area contributed by atoms with Crippen LogP contribution in [0.15, 0.2) is 84.6 Å². The Morgan fingerprint density at radius 3 is 2.39 bits per heavy atom. The highest BCUT2D eigenvalue weighted by Gasteiger charge is 2.43. The molecule has 0 radical (unpaired) electrons. The quantitative estimate of drug-likeness (QED) is 0.609. The first-order chi connectivity index (χ1) is 13.6. The van der Waals surface area contributed by atoms with Crippen LogP contribution in [0.5, 0.6) is 0 Å². The standard InChI is InChI=1S/C24H22O4/c1-26-23(25)22-15-20(17-8-4-3-5-9-17)16-24(27-2,28-22)21-13-12-18-10-6-7-11-19(18)14-21/h3-15,20H,16H2,1-2H3/t20-,24-/m0/s1. The van der Waals surface area contributed by atoms with Crippen molar-refractivity contribution < 1.29 is 19.0 Å². The Kier molecular flexibility index (Phi) is 4.88. The van der Waals surface area contributed by atoms with E-state index in [0.717, 1.165) is 21.9 Å². The Bertz CT molecular complexity index is 1020. The molecule has 0 unspecified atom stereocenters. The molecule has 0 saturated carbocycles. The second-order valence-corrected chi connectivity index (χ2v) is 6.86. The molecule has 4 nitrogen and oxygen atoms in total. The first kappa shape index (κ1) is 18.3. The minimum Gasteiger partial charge on any atom is -0.463 e. The molecule has 3 aromatic rings. The van der Waals surface area contributed by atoms with Gasteiger partial charge in [0.15, 0.2) is 0 Å². The summed E-state index contributed by atoms with van der Waals surface area (Å²) in [5, 5.41) is 2.22. The number of carbonyl (C=O) groups is 1. The van der Waals surface area contributed by atoms with Crippen molar-refractivity contribution in [3.05, 3.63) is 95.8 Å². The maximum absolute atomic E-state index is 12.3. The zero-order valence-corrected chi connectivity index (χ0v) is 15.9. The first-order valence-corrected chi connectivity index (χ1v) is 9.24. The lowest BCUT2D eigenvalue weighted by atomic mass is 9.85. The summed E-state index contributed by atoms with van der Waals surface area (Å²) in [5.41, 5.74) is 1.96. The van der Waals surface area contributed by atoms with Gasteiger partial charge in [0.05, 0.1) is 7.11 Å². The van der Waals surface area contributed by atoms with Crippen LogP contribution in [0.3, 0.4) is 0 Å². The van der Waals surface area contributed by atoms with Gasteiger partial charge in [0.25, 0.3) is 0 Å². The molecule has 4 heteroatoms. The molecule has 0 saturated heterocycles. The van der Waals surface area contributed by atoms with Crippen LogP contribution < -0.4 is 0 Å². The smallest absolute Gasteiger partial charge is 0.373 e. The minimum atomic E-state index is -1.08. The predicted octanol–water partition coefficient (Wildman–Crippen LogP) is 4.90. The Balaban J connectivity index is 1.82. The summed E-state index contributed by atoms with van der Waals surface area (Å²) < 4.78 is 17.0. The van der Waals surface area contributed by atoms with E-state index < -0.39 is 11.8 Å². The number of hydrogen-bond acceptors (Lipinski definition) is 4. The monoisotopic (exact) mass is 374 g/mol. The molecule has 0 spiro atoms. The van der Waals surface area contributed by atoms with Crippen molar-refractivity contribution in [2.24, 2.45) is 0 Å². The highest BCUT2D eigenvalue weighted by atomic mass is 16.7. The van der Waals surface area contributed by atoms with Crippen molar-refractivity contribution in [3.63, 3.8) is 0 Å². The van der Waals surface area contributed by atoms with Crippen molar-refractivity contribution in [2.45, 2.75) is 18.1 Å². The average molecular weight is 374 g/mol. The molecule has 0 aromatic heterocycles. The van der Waals surface area contributed by atoms with Gasteiger partial charge in [-0.2, -0.15) is 0 Å². The van der Waals surface area contributed by atoms with Crippen LogP contribution in [-0.4, -0.2) is 20.2 Å². The second-order valence-electron chi connectivity index (χ2n) is 6.86. The van der Waals surface area contributed by atoms with Gasteiger partial charge in [-0.15, -0.1) is 0 Å². The third kappa shape index (κ3) is 3.27. The van der Waals surface area contributed by atoms with E-state index in [1.165, 1.54) is 7.11 Å². The Morgan fingerprint density at radius 1 is 0.964 bits per heavy atom. The van der Waals surface area contributed by atoms with E-state index in [4.69, 9.17) is 14.2 Å². The van der Waals surface area contributed by atoms with E-state index >= 15 is 0 Å². The molecular weight excluding hydrogens is 352 g/mol. The van der Waals surface area contributed by atoms with Crippen molar-refractivity contribution in [3.8, 4) is 0 Å². The Labute approximate surface area is 164 Å². The third-order valence-electron chi connectivity index (χ3n) is 5.25. The third-order valence-corrected chi connectivity index (χ3v) is 5.25. The Morgan fingerprint density at radius 2 is 1.68 bits per heavy atom. The first-order valence-electron chi connectivity index (χ1n) is 9.24. The molecule has 3 aromatic carbocycles. The lowest BCUT2D eigenvalue weighted by Gasteiger charge is -2.39. The molecule has 2 atom stereocenters. The van der Waals surface area contributed by atoms with E-state index in [1.54, 1.807) is 7.11 Å². The normalized spacial score (nSPS) is 21.6. The van der Waals surface area contributed by atoms with Gasteiger partial charge >= 0.3 is 5.97 Å². The van der Waals surface area contributed by atoms with Crippen LogP contribution in [0, 0.1) is 0 Å². The van der Waals surface area contributed by atoms with Crippen molar-refractivity contribution in [2.75, 3.05) is 14.2 Å². The van der Waals surface area contributed by atoms with Crippen LogP contribution in [-0.2, 0) is 24.8 Å². The molecule has 1 aliphatic heterocycles. The predicted molar refractivity (Wildman–Crippen MR) is 108 cm³/mol. The van der Waals surface area contributed by atoms with E-state index in [0.29, 0.717) is 6.42 Å². The minimum absolute atomic E-state index is 0.0459. The fraction of sp³-hybridized carbons (Fsp3) is 0.208. The van der Waals surface area contributed by atoms with Gasteiger partial charge in [-0.05, 0) is 28.5 Å². The SMILES string of the molecule is COC(=O)C1=C[C@H](c2ccccc2)C[C@@](OC)(c2ccc3ccccc3c2)O1. The molecule has 4 rings (SSSR count). The molecule has 0 bridgehead atoms. The number of methoxy groups -OCH3 is 2. The molecule has 0 amide bonds. The van der Waals surface area contributed by atoms with Crippen LogP contribution in [0.4, 0.5) is 0 Å². The van der Waals surface area contributed by atoms with E-state index in [2.05, 4.69) is 18.2 Å². The molecule has 1 heterocycles. The second kappa shape index (κ2) is 7.49. The van der Waals surface area contributed by atoms with Crippen molar-refractivity contribution in [1.82, 2.24) is 0 Å². The lowest BCUT2D eigenvalue weighted by Crippen LogP contribution is -2.38. The molecule has 1 aliphatic rings. The molecule has 28 heavy (non-hydrogen) atoms. The van der Waals surface area contributed by atoms with Gasteiger partial charge in [-0.25, -0.2) is 4.79 Å². The summed E-state index contributed by atoms with van der Waals surface area (Å²) in [5.74, 6) is -1.47. The van der Waals surface area contributed by atoms with E-state index in [1.807, 2.05) is 60.7 Å². The topological polar surface area (TPSA) is 44.8 Å². The van der Waals surface area contributed by atoms with Crippen LogP contribution in [0.1, 0.15) is 23.5 Å². The summed E-state index contributed by atoms with van der Waals surface area (Å²) in [6.07, 6.45) is 2.37. The number of fused-ring (bicyclic) bond motifs is 1. The summed E-state index contributed by atoms with van der Waals surface area (Å²) in [6.45, 7) is 0. The maximum Gasteiger partial charge on any atom is 0.373 e. The van der Waals surface area contributed by atoms with Crippen molar-refractivity contribution in [1.29, 1.82) is 0 Å². The van der Waals surface area contributed by atoms with Gasteiger partial charge in [-0.3, -0.25) is 0 Å². The molecular formula is C24H22O4. The molecule has 0 N–H and O–H groups in total. The van der Waals surface area contributed by atoms with Gasteiger partial charge < -0.3 is 14.2 Å². The average Bonchev–Trinajstić information content (AvgIpc) is 2.78. The maximum atomic E-state index is 12.3. The molecule has 0 aliphatic carbocycles. The number of esters is 1. The largest absolute Gasteiger partial charge is 0.463 e. The Hall–Kier alpha value is -3.11. The molecule has 0 fully saturated rings. The fourth-order valence-electron chi connectivity index (χ4n) is 3.75. The van der Waals surface area contributed by atoms with Gasteiger partial charge in [0.2, 0.25) is 11.5 Å². The number of carbonyl (C=O) groups excluding carboxylic acids is 1. The van der Waals surface area contributed by atoms with Gasteiger partial charge in [0.1, 0.15) is 0 Å². The number of allylic oxidation sites excluding steroid dienone is 1. The highest BCUT2D eigenvalue weighted by molar-refractivity contribution is 5.87. The summed E-state index contributed by atoms with van der Waals surface area (Å²) in [7, 11) is 2.96. The fourth-order valence-corrected chi connectivity index (χ4v) is 3.75. The number of hydrogen-bond donors (Lipinski definition) is 0. The van der Waals surface area contributed by atoms with Crippen LogP contribution >= 0.6 is 0 Å². The van der Waals surface area contributed by atoms with Crippen LogP contribution in [0.2, 0.25) is 0 Å². The number of benzene rings is 3. The molecule has 142 valence electrons. The van der Waals surface area contributed by atoms with Gasteiger partial charge in [0, 0.05) is 25.0 Å². The van der Waals surface area contributed by atoms with Crippen molar-refractivity contribution >= 4 is 16.7 Å². The highest BCUT2D eigenvalue weighted by Crippen LogP contribution is 2.44. The zero-order valence-electron chi connectivity index (χ0n) is 15.9. The van der Waals surface area contributed by atoms with Gasteiger partial charge in [-0.1, -0.05) is 66.7 Å². The summed E-state index contributed by atoms with van der Waals surface area (Å²) >= 11 is 0. The summed E-state index contributed by atoms with van der Waals surface area (Å²) in [4.78, 5) is 12.3. The lowest BCUT2D eigenvalue weighted by molar-refractivity contribution is -0.225. The number of ether oxygens (including phenoxy) is 3. The summed E-state index contributed by atoms with van der Waals surface area (Å²) in [6, 6.07) is 24.3. The van der Waals surface area contributed by atoms with Crippen LogP contribution in [0.25, 0.3) is 10.8 Å².